The van der Waals surface area contributed by atoms with Crippen molar-refractivity contribution in [1.82, 2.24) is 4.98 Å². The third kappa shape index (κ3) is 3.73. The van der Waals surface area contributed by atoms with E-state index >= 15 is 0 Å². The van der Waals surface area contributed by atoms with E-state index in [-0.39, 0.29) is 12.1 Å². The van der Waals surface area contributed by atoms with E-state index in [4.69, 9.17) is 10.5 Å². The molecule has 1 amide bonds. The first-order valence-corrected chi connectivity index (χ1v) is 5.39. The maximum atomic E-state index is 12.3. The number of amides is 1. The number of thiazole rings is 1. The summed E-state index contributed by atoms with van der Waals surface area (Å²) in [5.74, 6) is 0. The molecule has 90 valence electrons. The summed E-state index contributed by atoms with van der Waals surface area (Å²) < 4.78 is 29.4. The number of aromatic nitrogens is 1. The topological polar surface area (TPSA) is 65.2 Å². The SMILES string of the molecule is CC(C)(Cc1nc(C(F)F)cs1)OC(N)=O. The maximum absolute atomic E-state index is 12.3. The van der Waals surface area contributed by atoms with Gasteiger partial charge in [0, 0.05) is 11.8 Å². The van der Waals surface area contributed by atoms with Gasteiger partial charge < -0.3 is 10.5 Å². The lowest BCUT2D eigenvalue weighted by Crippen LogP contribution is -2.33. The van der Waals surface area contributed by atoms with Gasteiger partial charge in [0.1, 0.15) is 11.3 Å². The van der Waals surface area contributed by atoms with Gasteiger partial charge in [0.25, 0.3) is 6.43 Å². The van der Waals surface area contributed by atoms with Gasteiger partial charge in [-0.2, -0.15) is 0 Å². The minimum absolute atomic E-state index is 0.255. The molecular formula is C9H12F2N2O2S. The first-order chi connectivity index (χ1) is 7.30. The number of hydrogen-bond acceptors (Lipinski definition) is 4. The van der Waals surface area contributed by atoms with Gasteiger partial charge in [0.05, 0.1) is 5.01 Å². The van der Waals surface area contributed by atoms with Crippen LogP contribution in [0, 0.1) is 0 Å². The van der Waals surface area contributed by atoms with Crippen LogP contribution >= 0.6 is 11.3 Å². The highest BCUT2D eigenvalue weighted by Crippen LogP contribution is 2.24. The Hall–Kier alpha value is -1.24. The minimum Gasteiger partial charge on any atom is -0.443 e. The summed E-state index contributed by atoms with van der Waals surface area (Å²) in [6, 6.07) is 0. The van der Waals surface area contributed by atoms with Crippen molar-refractivity contribution in [2.45, 2.75) is 32.3 Å². The number of nitrogens with zero attached hydrogens (tertiary/aromatic N) is 1. The highest BCUT2D eigenvalue weighted by atomic mass is 32.1. The van der Waals surface area contributed by atoms with Crippen LogP contribution in [0.5, 0.6) is 0 Å². The molecule has 4 nitrogen and oxygen atoms in total. The average molecular weight is 250 g/mol. The number of carbonyl (C=O) groups excluding carboxylic acids is 1. The number of nitrogens with two attached hydrogens (primary N) is 1. The fraction of sp³-hybridized carbons (Fsp3) is 0.556. The minimum atomic E-state index is -2.58. The second-order valence-electron chi connectivity index (χ2n) is 3.82. The standard InChI is InChI=1S/C9H12F2N2O2S/c1-9(2,15-8(12)14)3-6-13-5(4-16-6)7(10)11/h4,7H,3H2,1-2H3,(H2,12,14). The number of hydrogen-bond donors (Lipinski definition) is 1. The van der Waals surface area contributed by atoms with E-state index in [2.05, 4.69) is 4.98 Å². The maximum Gasteiger partial charge on any atom is 0.405 e. The molecule has 0 spiro atoms. The second-order valence-corrected chi connectivity index (χ2v) is 4.77. The zero-order chi connectivity index (χ0) is 12.3. The fourth-order valence-electron chi connectivity index (χ4n) is 1.18. The number of rotatable bonds is 4. The zero-order valence-corrected chi connectivity index (χ0v) is 9.68. The third-order valence-corrected chi connectivity index (χ3v) is 2.61. The molecule has 0 aliphatic rings. The van der Waals surface area contributed by atoms with E-state index in [9.17, 15) is 13.6 Å². The van der Waals surface area contributed by atoms with Crippen LogP contribution in [0.15, 0.2) is 5.38 Å². The molecule has 0 radical (unpaired) electrons. The van der Waals surface area contributed by atoms with E-state index in [1.165, 1.54) is 5.38 Å². The molecule has 0 unspecified atom stereocenters. The predicted octanol–water partition coefficient (Wildman–Crippen LogP) is 2.50. The highest BCUT2D eigenvalue weighted by Gasteiger charge is 2.24. The van der Waals surface area contributed by atoms with Crippen LogP contribution in [0.1, 0.15) is 31.0 Å². The Kier molecular flexibility index (Phi) is 3.79. The molecule has 1 heterocycles. The lowest BCUT2D eigenvalue weighted by atomic mass is 10.1. The summed E-state index contributed by atoms with van der Waals surface area (Å²) >= 11 is 1.11. The van der Waals surface area contributed by atoms with Crippen molar-refractivity contribution in [1.29, 1.82) is 0 Å². The van der Waals surface area contributed by atoms with Gasteiger partial charge >= 0.3 is 6.09 Å². The smallest absolute Gasteiger partial charge is 0.405 e. The number of carbonyl (C=O) groups is 1. The molecule has 0 aliphatic carbocycles. The van der Waals surface area contributed by atoms with Crippen molar-refractivity contribution >= 4 is 17.4 Å². The largest absolute Gasteiger partial charge is 0.443 e. The summed E-state index contributed by atoms with van der Waals surface area (Å²) in [7, 11) is 0. The van der Waals surface area contributed by atoms with Crippen molar-refractivity contribution in [2.75, 3.05) is 0 Å². The van der Waals surface area contributed by atoms with Crippen molar-refractivity contribution in [3.63, 3.8) is 0 Å². The van der Waals surface area contributed by atoms with E-state index in [0.29, 0.717) is 5.01 Å². The summed E-state index contributed by atoms with van der Waals surface area (Å²) in [6.07, 6.45) is -3.21. The molecule has 0 aliphatic heterocycles. The molecule has 1 aromatic heterocycles. The van der Waals surface area contributed by atoms with Gasteiger partial charge in [-0.05, 0) is 13.8 Å². The van der Waals surface area contributed by atoms with Crippen LogP contribution in [0.2, 0.25) is 0 Å². The normalized spacial score (nSPS) is 11.8. The van der Waals surface area contributed by atoms with Gasteiger partial charge in [0.15, 0.2) is 0 Å². The van der Waals surface area contributed by atoms with Crippen LogP contribution < -0.4 is 5.73 Å². The molecule has 1 rings (SSSR count). The molecule has 2 N–H and O–H groups in total. The molecule has 0 atom stereocenters. The van der Waals surface area contributed by atoms with Crippen molar-refractivity contribution < 1.29 is 18.3 Å². The van der Waals surface area contributed by atoms with Crippen LogP contribution in [-0.2, 0) is 11.2 Å². The van der Waals surface area contributed by atoms with Crippen molar-refractivity contribution in [3.05, 3.63) is 16.1 Å². The Labute approximate surface area is 95.4 Å². The van der Waals surface area contributed by atoms with Gasteiger partial charge in [-0.15, -0.1) is 11.3 Å². The molecule has 0 saturated heterocycles. The Morgan fingerprint density at radius 1 is 1.69 bits per heavy atom. The van der Waals surface area contributed by atoms with Crippen LogP contribution in [0.3, 0.4) is 0 Å². The van der Waals surface area contributed by atoms with E-state index in [0.717, 1.165) is 11.3 Å². The monoisotopic (exact) mass is 250 g/mol. The van der Waals surface area contributed by atoms with E-state index in [1.807, 2.05) is 0 Å². The second kappa shape index (κ2) is 4.73. The van der Waals surface area contributed by atoms with Gasteiger partial charge in [-0.25, -0.2) is 18.6 Å². The first-order valence-electron chi connectivity index (χ1n) is 4.51. The molecule has 0 saturated carbocycles. The number of halogens is 2. The Bertz CT molecular complexity index is 379. The summed E-state index contributed by atoms with van der Waals surface area (Å²) in [5, 5.41) is 1.78. The summed E-state index contributed by atoms with van der Waals surface area (Å²) in [5.41, 5.74) is 3.79. The van der Waals surface area contributed by atoms with E-state index in [1.54, 1.807) is 13.8 Å². The molecule has 0 fully saturated rings. The Morgan fingerprint density at radius 2 is 2.31 bits per heavy atom. The summed E-state index contributed by atoms with van der Waals surface area (Å²) in [6.45, 7) is 3.28. The number of alkyl halides is 2. The lowest BCUT2D eigenvalue weighted by Gasteiger charge is -2.22. The van der Waals surface area contributed by atoms with Crippen LogP contribution in [-0.4, -0.2) is 16.7 Å². The van der Waals surface area contributed by atoms with E-state index < -0.39 is 18.1 Å². The fourth-order valence-corrected chi connectivity index (χ4v) is 2.18. The molecule has 0 aromatic carbocycles. The quantitative estimate of drug-likeness (QED) is 0.892. The zero-order valence-electron chi connectivity index (χ0n) is 8.87. The third-order valence-electron chi connectivity index (χ3n) is 1.75. The Balaban J connectivity index is 2.68. The van der Waals surface area contributed by atoms with Crippen molar-refractivity contribution in [2.24, 2.45) is 5.73 Å². The van der Waals surface area contributed by atoms with Crippen molar-refractivity contribution in [3.8, 4) is 0 Å². The molecule has 16 heavy (non-hydrogen) atoms. The van der Waals surface area contributed by atoms with Gasteiger partial charge in [0.2, 0.25) is 0 Å². The van der Waals surface area contributed by atoms with Crippen LogP contribution in [0.4, 0.5) is 13.6 Å². The predicted molar refractivity (Wildman–Crippen MR) is 55.5 cm³/mol. The molecule has 0 bridgehead atoms. The number of primary amides is 1. The first kappa shape index (κ1) is 12.8. The Morgan fingerprint density at radius 3 is 2.75 bits per heavy atom. The average Bonchev–Trinajstić information content (AvgIpc) is 2.48. The highest BCUT2D eigenvalue weighted by molar-refractivity contribution is 7.09. The van der Waals surface area contributed by atoms with Gasteiger partial charge in [-0.3, -0.25) is 0 Å². The molecule has 7 heteroatoms. The molecular weight excluding hydrogens is 238 g/mol. The number of ether oxygens (including phenoxy) is 1. The lowest BCUT2D eigenvalue weighted by molar-refractivity contribution is 0.0458. The molecule has 1 aromatic rings. The summed E-state index contributed by atoms with van der Waals surface area (Å²) in [4.78, 5) is 14.3. The van der Waals surface area contributed by atoms with Gasteiger partial charge in [-0.1, -0.05) is 0 Å². The van der Waals surface area contributed by atoms with Crippen LogP contribution in [0.25, 0.3) is 0 Å².